The fourth-order valence-electron chi connectivity index (χ4n) is 3.89. The molecule has 0 saturated heterocycles. The first-order chi connectivity index (χ1) is 15.0. The first-order valence-electron chi connectivity index (χ1n) is 10.4. The van der Waals surface area contributed by atoms with Crippen molar-refractivity contribution in [2.75, 3.05) is 19.0 Å². The third kappa shape index (κ3) is 4.40. The van der Waals surface area contributed by atoms with Gasteiger partial charge in [0.2, 0.25) is 0 Å². The van der Waals surface area contributed by atoms with E-state index in [1.54, 1.807) is 0 Å². The zero-order valence-electron chi connectivity index (χ0n) is 18.0. The van der Waals surface area contributed by atoms with E-state index in [9.17, 15) is 9.59 Å². The lowest BCUT2D eigenvalue weighted by Gasteiger charge is -2.30. The number of nitrogens with zero attached hydrogens (tertiary/aromatic N) is 1. The molecule has 1 amide bonds. The molecule has 0 radical (unpaired) electrons. The molecular weight excluding hydrogens is 408 g/mol. The second-order valence-electron chi connectivity index (χ2n) is 7.91. The molecule has 1 aliphatic rings. The van der Waals surface area contributed by atoms with Crippen LogP contribution in [0.3, 0.4) is 0 Å². The summed E-state index contributed by atoms with van der Waals surface area (Å²) in [6.45, 7) is 6.01. The number of ether oxygens (including phenoxy) is 1. The quantitative estimate of drug-likeness (QED) is 0.559. The topological polar surface area (TPSA) is 58.6 Å². The fourth-order valence-corrected chi connectivity index (χ4v) is 5.15. The van der Waals surface area contributed by atoms with Crippen LogP contribution in [0.15, 0.2) is 54.6 Å². The number of carbonyl (C=O) groups excluding carboxylic acids is 2. The number of hydrogen-bond acceptors (Lipinski definition) is 5. The van der Waals surface area contributed by atoms with Crippen LogP contribution in [0.25, 0.3) is 11.1 Å². The Balaban J connectivity index is 1.58. The molecule has 0 bridgehead atoms. The van der Waals surface area contributed by atoms with Crippen molar-refractivity contribution < 1.29 is 14.3 Å². The molecule has 6 heteroatoms. The minimum absolute atomic E-state index is 0.232. The van der Waals surface area contributed by atoms with E-state index in [1.807, 2.05) is 54.6 Å². The van der Waals surface area contributed by atoms with Crippen LogP contribution in [-0.2, 0) is 17.7 Å². The minimum Gasteiger partial charge on any atom is -0.465 e. The van der Waals surface area contributed by atoms with Crippen LogP contribution < -0.4 is 5.32 Å². The van der Waals surface area contributed by atoms with Gasteiger partial charge >= 0.3 is 5.97 Å². The number of hydrogen-bond donors (Lipinski definition) is 1. The maximum atomic E-state index is 12.9. The maximum absolute atomic E-state index is 12.9. The standard InChI is InChI=1S/C25H26N2O3S/c1-16(2)27-14-13-20-21(15-27)31-24(22(20)25(29)30-3)26-23(28)19-11-9-18(10-12-19)17-7-5-4-6-8-17/h4-12,16H,13-15H2,1-3H3,(H,26,28). The number of thiophene rings is 1. The molecule has 1 aromatic heterocycles. The van der Waals surface area contributed by atoms with E-state index < -0.39 is 5.97 Å². The first kappa shape index (κ1) is 21.3. The third-order valence-electron chi connectivity index (χ3n) is 5.69. The van der Waals surface area contributed by atoms with Crippen LogP contribution in [0.2, 0.25) is 0 Å². The highest BCUT2D eigenvalue weighted by Crippen LogP contribution is 2.38. The monoisotopic (exact) mass is 434 g/mol. The number of anilines is 1. The molecule has 2 aromatic carbocycles. The Hall–Kier alpha value is -2.96. The summed E-state index contributed by atoms with van der Waals surface area (Å²) >= 11 is 1.48. The molecule has 2 heterocycles. The average molecular weight is 435 g/mol. The molecule has 0 unspecified atom stereocenters. The summed E-state index contributed by atoms with van der Waals surface area (Å²) in [5.74, 6) is -0.630. The summed E-state index contributed by atoms with van der Waals surface area (Å²) < 4.78 is 5.03. The number of methoxy groups -OCH3 is 1. The molecule has 4 rings (SSSR count). The van der Waals surface area contributed by atoms with E-state index in [1.165, 1.54) is 18.4 Å². The summed E-state index contributed by atoms with van der Waals surface area (Å²) in [7, 11) is 1.38. The number of amides is 1. The lowest BCUT2D eigenvalue weighted by atomic mass is 10.0. The number of carbonyl (C=O) groups is 2. The van der Waals surface area contributed by atoms with Crippen LogP contribution in [0.1, 0.15) is 45.0 Å². The smallest absolute Gasteiger partial charge is 0.341 e. The largest absolute Gasteiger partial charge is 0.465 e. The molecule has 0 saturated carbocycles. The summed E-state index contributed by atoms with van der Waals surface area (Å²) in [5, 5.41) is 3.53. The van der Waals surface area contributed by atoms with Crippen molar-refractivity contribution in [1.29, 1.82) is 0 Å². The van der Waals surface area contributed by atoms with Crippen molar-refractivity contribution in [2.45, 2.75) is 32.9 Å². The van der Waals surface area contributed by atoms with Gasteiger partial charge < -0.3 is 10.1 Å². The van der Waals surface area contributed by atoms with Gasteiger partial charge in [-0.15, -0.1) is 11.3 Å². The van der Waals surface area contributed by atoms with Gasteiger partial charge in [-0.3, -0.25) is 9.69 Å². The van der Waals surface area contributed by atoms with Crippen molar-refractivity contribution >= 4 is 28.2 Å². The molecule has 0 fully saturated rings. The van der Waals surface area contributed by atoms with Crippen LogP contribution in [-0.4, -0.2) is 36.5 Å². The first-order valence-corrected chi connectivity index (χ1v) is 11.2. The zero-order chi connectivity index (χ0) is 22.0. The Morgan fingerprint density at radius 2 is 1.71 bits per heavy atom. The summed E-state index contributed by atoms with van der Waals surface area (Å²) in [6, 6.07) is 17.9. The van der Waals surface area contributed by atoms with Gasteiger partial charge in [-0.1, -0.05) is 42.5 Å². The Morgan fingerprint density at radius 1 is 1.03 bits per heavy atom. The van der Waals surface area contributed by atoms with Gasteiger partial charge in [-0.05, 0) is 49.1 Å². The van der Waals surface area contributed by atoms with Crippen molar-refractivity contribution in [2.24, 2.45) is 0 Å². The van der Waals surface area contributed by atoms with E-state index in [0.717, 1.165) is 41.1 Å². The van der Waals surface area contributed by atoms with Crippen LogP contribution in [0, 0.1) is 0 Å². The van der Waals surface area contributed by atoms with Crippen LogP contribution in [0.4, 0.5) is 5.00 Å². The summed E-state index contributed by atoms with van der Waals surface area (Å²) in [5.41, 5.74) is 4.20. The van der Waals surface area contributed by atoms with Gasteiger partial charge in [0.1, 0.15) is 5.00 Å². The second-order valence-corrected chi connectivity index (χ2v) is 9.02. The van der Waals surface area contributed by atoms with Crippen LogP contribution in [0.5, 0.6) is 0 Å². The number of rotatable bonds is 5. The number of benzene rings is 2. The Labute approximate surface area is 186 Å². The normalized spacial score (nSPS) is 13.7. The molecule has 0 aliphatic carbocycles. The number of nitrogens with one attached hydrogen (secondary N) is 1. The molecule has 1 aliphatic heterocycles. The van der Waals surface area contributed by atoms with Crippen LogP contribution >= 0.6 is 11.3 Å². The summed E-state index contributed by atoms with van der Waals surface area (Å²) in [4.78, 5) is 29.0. The highest BCUT2D eigenvalue weighted by atomic mass is 32.1. The summed E-state index contributed by atoms with van der Waals surface area (Å²) in [6.07, 6.45) is 0.774. The SMILES string of the molecule is COC(=O)c1c(NC(=O)c2ccc(-c3ccccc3)cc2)sc2c1CCN(C(C)C)C2. The lowest BCUT2D eigenvalue weighted by Crippen LogP contribution is -2.35. The van der Waals surface area contributed by atoms with Gasteiger partial charge in [-0.25, -0.2) is 4.79 Å². The number of esters is 1. The molecule has 0 spiro atoms. The maximum Gasteiger partial charge on any atom is 0.341 e. The van der Waals surface area contributed by atoms with Crippen molar-refractivity contribution in [1.82, 2.24) is 4.90 Å². The Morgan fingerprint density at radius 3 is 2.35 bits per heavy atom. The molecule has 5 nitrogen and oxygen atoms in total. The van der Waals surface area contributed by atoms with Gasteiger partial charge in [0.05, 0.1) is 12.7 Å². The predicted octanol–water partition coefficient (Wildman–Crippen LogP) is 5.22. The van der Waals surface area contributed by atoms with E-state index >= 15 is 0 Å². The molecule has 160 valence electrons. The molecule has 0 atom stereocenters. The van der Waals surface area contributed by atoms with E-state index in [-0.39, 0.29) is 5.91 Å². The van der Waals surface area contributed by atoms with E-state index in [4.69, 9.17) is 4.74 Å². The Bertz CT molecular complexity index is 1090. The van der Waals surface area contributed by atoms with Crippen molar-refractivity contribution in [3.8, 4) is 11.1 Å². The number of fused-ring (bicyclic) bond motifs is 1. The van der Waals surface area contributed by atoms with Gasteiger partial charge in [-0.2, -0.15) is 0 Å². The highest BCUT2D eigenvalue weighted by Gasteiger charge is 2.30. The van der Waals surface area contributed by atoms with Gasteiger partial charge in [0.25, 0.3) is 5.91 Å². The zero-order valence-corrected chi connectivity index (χ0v) is 18.8. The van der Waals surface area contributed by atoms with Gasteiger partial charge in [0, 0.05) is 29.6 Å². The Kier molecular flexibility index (Phi) is 6.20. The lowest BCUT2D eigenvalue weighted by molar-refractivity contribution is 0.0600. The predicted molar refractivity (Wildman–Crippen MR) is 125 cm³/mol. The average Bonchev–Trinajstić information content (AvgIpc) is 3.16. The highest BCUT2D eigenvalue weighted by molar-refractivity contribution is 7.17. The molecule has 1 N–H and O–H groups in total. The molecule has 3 aromatic rings. The second kappa shape index (κ2) is 9.04. The van der Waals surface area contributed by atoms with E-state index in [2.05, 4.69) is 24.1 Å². The molecule has 31 heavy (non-hydrogen) atoms. The van der Waals surface area contributed by atoms with Gasteiger partial charge in [0.15, 0.2) is 0 Å². The minimum atomic E-state index is -0.398. The third-order valence-corrected chi connectivity index (χ3v) is 6.82. The van der Waals surface area contributed by atoms with E-state index in [0.29, 0.717) is 22.2 Å². The molecular formula is C25H26N2O3S. The van der Waals surface area contributed by atoms with Crippen molar-refractivity contribution in [3.05, 3.63) is 76.2 Å². The fraction of sp³-hybridized carbons (Fsp3) is 0.280. The van der Waals surface area contributed by atoms with Crippen molar-refractivity contribution in [3.63, 3.8) is 0 Å².